The van der Waals surface area contributed by atoms with Gasteiger partial charge in [-0.1, -0.05) is 22.0 Å². The number of fused-ring (bicyclic) bond motifs is 1. The maximum absolute atomic E-state index is 6.05. The fraction of sp³-hybridized carbons (Fsp3) is 0.154. The first-order valence-corrected chi connectivity index (χ1v) is 7.30. The molecule has 0 saturated carbocycles. The smallest absolute Gasteiger partial charge is 0.201 e. The minimum absolute atomic E-state index is 0.205. The molecule has 1 unspecified atom stereocenters. The average molecular weight is 322 g/mol. The highest BCUT2D eigenvalue weighted by atomic mass is 79.9. The summed E-state index contributed by atoms with van der Waals surface area (Å²) in [5.74, 6) is 0.559. The number of aromatic nitrogens is 2. The lowest BCUT2D eigenvalue weighted by molar-refractivity contribution is 0.680. The molecular formula is C13H12BrN3S. The van der Waals surface area contributed by atoms with Gasteiger partial charge in [-0.2, -0.15) is 0 Å². The molecule has 0 radical (unpaired) electrons. The fourth-order valence-electron chi connectivity index (χ4n) is 2.15. The second-order valence-corrected chi connectivity index (χ2v) is 6.06. The van der Waals surface area contributed by atoms with Crippen LogP contribution in [-0.2, 0) is 0 Å². The van der Waals surface area contributed by atoms with Crippen LogP contribution in [0.15, 0.2) is 40.2 Å². The van der Waals surface area contributed by atoms with E-state index in [1.807, 2.05) is 18.2 Å². The summed E-state index contributed by atoms with van der Waals surface area (Å²) in [7, 11) is 0. The summed E-state index contributed by atoms with van der Waals surface area (Å²) in [5, 5.41) is 2.08. The van der Waals surface area contributed by atoms with Gasteiger partial charge >= 0.3 is 0 Å². The van der Waals surface area contributed by atoms with Crippen LogP contribution in [-0.4, -0.2) is 9.55 Å². The van der Waals surface area contributed by atoms with Crippen LogP contribution in [0.3, 0.4) is 0 Å². The standard InChI is InChI=1S/C13H12BrN3S/c1-8(12-3-2-6-18-12)17-11-5-4-9(14)7-10(11)16-13(17)15/h2-8H,1H3,(H2,15,16). The van der Waals surface area contributed by atoms with Crippen LogP contribution in [0.4, 0.5) is 5.95 Å². The van der Waals surface area contributed by atoms with E-state index in [4.69, 9.17) is 5.73 Å². The van der Waals surface area contributed by atoms with Crippen LogP contribution in [0, 0.1) is 0 Å². The van der Waals surface area contributed by atoms with Gasteiger partial charge in [-0.05, 0) is 36.6 Å². The molecule has 3 aromatic rings. The summed E-state index contributed by atoms with van der Waals surface area (Å²) >= 11 is 5.19. The van der Waals surface area contributed by atoms with E-state index in [9.17, 15) is 0 Å². The van der Waals surface area contributed by atoms with Gasteiger partial charge in [0.1, 0.15) is 0 Å². The number of anilines is 1. The number of imidazole rings is 1. The highest BCUT2D eigenvalue weighted by molar-refractivity contribution is 9.10. The molecular weight excluding hydrogens is 310 g/mol. The molecule has 0 bridgehead atoms. The molecule has 0 aliphatic rings. The van der Waals surface area contributed by atoms with Gasteiger partial charge in [-0.25, -0.2) is 4.98 Å². The van der Waals surface area contributed by atoms with Crippen LogP contribution in [0.1, 0.15) is 17.8 Å². The van der Waals surface area contributed by atoms with Crippen molar-refractivity contribution in [2.45, 2.75) is 13.0 Å². The van der Waals surface area contributed by atoms with E-state index in [1.165, 1.54) is 4.88 Å². The Morgan fingerprint density at radius 1 is 1.39 bits per heavy atom. The second kappa shape index (κ2) is 4.40. The molecule has 1 aromatic carbocycles. The van der Waals surface area contributed by atoms with E-state index >= 15 is 0 Å². The van der Waals surface area contributed by atoms with Crippen LogP contribution >= 0.6 is 27.3 Å². The van der Waals surface area contributed by atoms with Gasteiger partial charge < -0.3 is 10.3 Å². The number of thiophene rings is 1. The van der Waals surface area contributed by atoms with Crippen molar-refractivity contribution >= 4 is 44.2 Å². The quantitative estimate of drug-likeness (QED) is 0.773. The van der Waals surface area contributed by atoms with Gasteiger partial charge in [0.05, 0.1) is 17.1 Å². The van der Waals surface area contributed by atoms with Crippen molar-refractivity contribution in [1.29, 1.82) is 0 Å². The molecule has 0 spiro atoms. The summed E-state index contributed by atoms with van der Waals surface area (Å²) < 4.78 is 3.09. The summed E-state index contributed by atoms with van der Waals surface area (Å²) in [6, 6.07) is 10.4. The molecule has 2 N–H and O–H groups in total. The van der Waals surface area contributed by atoms with Crippen LogP contribution in [0.5, 0.6) is 0 Å². The van der Waals surface area contributed by atoms with Crippen molar-refractivity contribution in [1.82, 2.24) is 9.55 Å². The minimum Gasteiger partial charge on any atom is -0.369 e. The highest BCUT2D eigenvalue weighted by Crippen LogP contribution is 2.30. The Kier molecular flexibility index (Phi) is 2.87. The van der Waals surface area contributed by atoms with E-state index in [0.29, 0.717) is 5.95 Å². The van der Waals surface area contributed by atoms with Gasteiger partial charge in [-0.15, -0.1) is 11.3 Å². The molecule has 18 heavy (non-hydrogen) atoms. The van der Waals surface area contributed by atoms with E-state index in [0.717, 1.165) is 15.5 Å². The van der Waals surface area contributed by atoms with Crippen molar-refractivity contribution < 1.29 is 0 Å². The SMILES string of the molecule is CC(c1cccs1)n1c(N)nc2cc(Br)ccc21. The van der Waals surface area contributed by atoms with E-state index < -0.39 is 0 Å². The number of hydrogen-bond acceptors (Lipinski definition) is 3. The Balaban J connectivity index is 2.19. The van der Waals surface area contributed by atoms with E-state index in [2.05, 4.69) is 49.9 Å². The Hall–Kier alpha value is -1.33. The molecule has 0 aliphatic heterocycles. The summed E-state index contributed by atoms with van der Waals surface area (Å²) in [5.41, 5.74) is 8.04. The number of rotatable bonds is 2. The van der Waals surface area contributed by atoms with Gasteiger partial charge in [0.15, 0.2) is 0 Å². The highest BCUT2D eigenvalue weighted by Gasteiger charge is 2.16. The number of benzene rings is 1. The number of nitrogen functional groups attached to an aromatic ring is 1. The Morgan fingerprint density at radius 3 is 2.94 bits per heavy atom. The zero-order valence-corrected chi connectivity index (χ0v) is 12.2. The number of nitrogens with zero attached hydrogens (tertiary/aromatic N) is 2. The fourth-order valence-corrected chi connectivity index (χ4v) is 3.28. The molecule has 0 amide bonds. The van der Waals surface area contributed by atoms with Crippen molar-refractivity contribution in [3.63, 3.8) is 0 Å². The third kappa shape index (κ3) is 1.83. The maximum atomic E-state index is 6.05. The van der Waals surface area contributed by atoms with E-state index in [1.54, 1.807) is 11.3 Å². The van der Waals surface area contributed by atoms with Gasteiger partial charge in [0, 0.05) is 9.35 Å². The largest absolute Gasteiger partial charge is 0.369 e. The third-order valence-electron chi connectivity index (χ3n) is 3.02. The minimum atomic E-state index is 0.205. The van der Waals surface area contributed by atoms with Gasteiger partial charge in [-0.3, -0.25) is 0 Å². The molecule has 3 nitrogen and oxygen atoms in total. The molecule has 0 saturated heterocycles. The van der Waals surface area contributed by atoms with Crippen LogP contribution in [0.25, 0.3) is 11.0 Å². The monoisotopic (exact) mass is 321 g/mol. The molecule has 0 aliphatic carbocycles. The zero-order chi connectivity index (χ0) is 12.7. The van der Waals surface area contributed by atoms with Gasteiger partial charge in [0.2, 0.25) is 5.95 Å². The topological polar surface area (TPSA) is 43.8 Å². The normalized spacial score (nSPS) is 13.0. The lowest BCUT2D eigenvalue weighted by atomic mass is 10.2. The van der Waals surface area contributed by atoms with Crippen molar-refractivity contribution in [2.75, 3.05) is 5.73 Å². The molecule has 1 atom stereocenters. The van der Waals surface area contributed by atoms with Crippen LogP contribution < -0.4 is 5.73 Å². The Labute approximate surface area is 117 Å². The molecule has 92 valence electrons. The summed E-state index contributed by atoms with van der Waals surface area (Å²) in [6.07, 6.45) is 0. The van der Waals surface area contributed by atoms with E-state index in [-0.39, 0.29) is 6.04 Å². The Morgan fingerprint density at radius 2 is 2.22 bits per heavy atom. The van der Waals surface area contributed by atoms with Crippen molar-refractivity contribution in [2.24, 2.45) is 0 Å². The Bertz CT molecular complexity index is 688. The average Bonchev–Trinajstić information content (AvgIpc) is 2.94. The first-order valence-electron chi connectivity index (χ1n) is 5.63. The van der Waals surface area contributed by atoms with Gasteiger partial charge in [0.25, 0.3) is 0 Å². The molecule has 5 heteroatoms. The summed E-state index contributed by atoms with van der Waals surface area (Å²) in [6.45, 7) is 2.14. The van der Waals surface area contributed by atoms with Crippen molar-refractivity contribution in [3.05, 3.63) is 45.1 Å². The summed E-state index contributed by atoms with van der Waals surface area (Å²) in [4.78, 5) is 5.70. The van der Waals surface area contributed by atoms with Crippen molar-refractivity contribution in [3.8, 4) is 0 Å². The molecule has 2 heterocycles. The lowest BCUT2D eigenvalue weighted by Gasteiger charge is -2.14. The lowest BCUT2D eigenvalue weighted by Crippen LogP contribution is -2.08. The number of nitrogens with two attached hydrogens (primary N) is 1. The number of halogens is 1. The third-order valence-corrected chi connectivity index (χ3v) is 4.56. The predicted molar refractivity (Wildman–Crippen MR) is 80.0 cm³/mol. The van der Waals surface area contributed by atoms with Crippen LogP contribution in [0.2, 0.25) is 0 Å². The maximum Gasteiger partial charge on any atom is 0.201 e. The molecule has 0 fully saturated rings. The first kappa shape index (κ1) is 11.7. The number of hydrogen-bond donors (Lipinski definition) is 1. The second-order valence-electron chi connectivity index (χ2n) is 4.16. The zero-order valence-electron chi connectivity index (χ0n) is 9.80. The predicted octanol–water partition coefficient (Wildman–Crippen LogP) is 4.05. The molecule has 3 rings (SSSR count). The molecule has 2 aromatic heterocycles. The first-order chi connectivity index (χ1) is 8.66.